The Balaban J connectivity index is 0.00000180. The minimum absolute atomic E-state index is 0. The van der Waals surface area contributed by atoms with Gasteiger partial charge in [0.25, 0.3) is 0 Å². The molecular weight excluding hydrogens is 256 g/mol. The quantitative estimate of drug-likeness (QED) is 0.892. The molecule has 0 aromatic heterocycles. The van der Waals surface area contributed by atoms with Gasteiger partial charge in [0.15, 0.2) is 0 Å². The van der Waals surface area contributed by atoms with E-state index in [2.05, 4.69) is 48.3 Å². The highest BCUT2D eigenvalue weighted by Crippen LogP contribution is 2.15. The Kier molecular flexibility index (Phi) is 7.44. The lowest BCUT2D eigenvalue weighted by Gasteiger charge is -2.29. The summed E-state index contributed by atoms with van der Waals surface area (Å²) in [5.41, 5.74) is 2.89. The molecule has 1 aromatic carbocycles. The molecular formula is C16H27ClN2. The molecule has 1 atom stereocenters. The van der Waals surface area contributed by atoms with Crippen molar-refractivity contribution in [3.05, 3.63) is 35.4 Å². The largest absolute Gasteiger partial charge is 0.316 e. The van der Waals surface area contributed by atoms with Crippen molar-refractivity contribution in [1.29, 1.82) is 0 Å². The van der Waals surface area contributed by atoms with E-state index in [1.165, 1.54) is 43.6 Å². The van der Waals surface area contributed by atoms with Crippen molar-refractivity contribution >= 4 is 12.4 Å². The Morgan fingerprint density at radius 3 is 2.74 bits per heavy atom. The van der Waals surface area contributed by atoms with Crippen LogP contribution in [0, 0.1) is 12.8 Å². The average molecular weight is 283 g/mol. The van der Waals surface area contributed by atoms with Crippen molar-refractivity contribution < 1.29 is 0 Å². The van der Waals surface area contributed by atoms with Gasteiger partial charge in [0, 0.05) is 13.1 Å². The summed E-state index contributed by atoms with van der Waals surface area (Å²) in [4.78, 5) is 2.58. The molecule has 0 bridgehead atoms. The van der Waals surface area contributed by atoms with Crippen molar-refractivity contribution in [2.75, 3.05) is 26.2 Å². The second-order valence-corrected chi connectivity index (χ2v) is 5.47. The van der Waals surface area contributed by atoms with Crippen LogP contribution in [0.5, 0.6) is 0 Å². The van der Waals surface area contributed by atoms with Gasteiger partial charge in [-0.25, -0.2) is 0 Å². The van der Waals surface area contributed by atoms with E-state index in [4.69, 9.17) is 0 Å². The molecule has 1 fully saturated rings. The molecule has 1 aliphatic heterocycles. The first kappa shape index (κ1) is 16.5. The van der Waals surface area contributed by atoms with Gasteiger partial charge in [-0.2, -0.15) is 0 Å². The van der Waals surface area contributed by atoms with Crippen molar-refractivity contribution in [2.24, 2.45) is 5.92 Å². The minimum Gasteiger partial charge on any atom is -0.316 e. The van der Waals surface area contributed by atoms with Crippen LogP contribution in [0.1, 0.15) is 30.9 Å². The molecule has 1 N–H and O–H groups in total. The van der Waals surface area contributed by atoms with Gasteiger partial charge in [0.05, 0.1) is 0 Å². The Morgan fingerprint density at radius 1 is 1.32 bits per heavy atom. The Morgan fingerprint density at radius 2 is 2.11 bits per heavy atom. The standard InChI is InChI=1S/C16H26N2.ClH/c1-3-18(12-15-8-6-10-17-11-15)13-16-9-5-4-7-14(16)2;/h4-5,7,9,15,17H,3,6,8,10-13H2,1-2H3;1H. The fraction of sp³-hybridized carbons (Fsp3) is 0.625. The van der Waals surface area contributed by atoms with Gasteiger partial charge < -0.3 is 5.32 Å². The molecule has 1 aliphatic rings. The highest BCUT2D eigenvalue weighted by molar-refractivity contribution is 5.85. The number of rotatable bonds is 5. The number of benzene rings is 1. The molecule has 0 saturated carbocycles. The van der Waals surface area contributed by atoms with Crippen LogP contribution in [0.2, 0.25) is 0 Å². The van der Waals surface area contributed by atoms with E-state index in [1.807, 2.05) is 0 Å². The molecule has 0 spiro atoms. The van der Waals surface area contributed by atoms with Crippen molar-refractivity contribution in [1.82, 2.24) is 10.2 Å². The lowest BCUT2D eigenvalue weighted by Crippen LogP contribution is -2.38. The third-order valence-corrected chi connectivity index (χ3v) is 4.02. The van der Waals surface area contributed by atoms with Crippen LogP contribution in [0.3, 0.4) is 0 Å². The number of hydrogen-bond donors (Lipinski definition) is 1. The minimum atomic E-state index is 0. The van der Waals surface area contributed by atoms with E-state index in [0.717, 1.165) is 19.0 Å². The number of halogens is 1. The van der Waals surface area contributed by atoms with Crippen LogP contribution < -0.4 is 5.32 Å². The molecule has 0 aliphatic carbocycles. The van der Waals surface area contributed by atoms with Crippen LogP contribution >= 0.6 is 12.4 Å². The third kappa shape index (κ3) is 5.13. The van der Waals surface area contributed by atoms with E-state index in [9.17, 15) is 0 Å². The Labute approximate surface area is 124 Å². The summed E-state index contributed by atoms with van der Waals surface area (Å²) in [5.74, 6) is 0.836. The highest BCUT2D eigenvalue weighted by Gasteiger charge is 2.16. The van der Waals surface area contributed by atoms with E-state index in [0.29, 0.717) is 0 Å². The maximum absolute atomic E-state index is 3.51. The predicted molar refractivity (Wildman–Crippen MR) is 85.0 cm³/mol. The lowest BCUT2D eigenvalue weighted by atomic mass is 9.98. The summed E-state index contributed by atoms with van der Waals surface area (Å²) in [7, 11) is 0. The number of hydrogen-bond acceptors (Lipinski definition) is 2. The maximum Gasteiger partial charge on any atom is 0.0236 e. The summed E-state index contributed by atoms with van der Waals surface area (Å²) < 4.78 is 0. The summed E-state index contributed by atoms with van der Waals surface area (Å²) in [6.07, 6.45) is 2.73. The second-order valence-electron chi connectivity index (χ2n) is 5.47. The SMILES string of the molecule is CCN(Cc1ccccc1C)CC1CCCNC1.Cl. The molecule has 1 unspecified atom stereocenters. The molecule has 2 rings (SSSR count). The molecule has 19 heavy (non-hydrogen) atoms. The molecule has 1 aromatic rings. The Bertz CT molecular complexity index is 362. The number of aryl methyl sites for hydroxylation is 1. The van der Waals surface area contributed by atoms with Crippen LogP contribution in [-0.2, 0) is 6.54 Å². The van der Waals surface area contributed by atoms with Gasteiger partial charge in [-0.15, -0.1) is 12.4 Å². The van der Waals surface area contributed by atoms with Crippen LogP contribution in [0.25, 0.3) is 0 Å². The predicted octanol–water partition coefficient (Wildman–Crippen LogP) is 3.24. The first-order valence-corrected chi connectivity index (χ1v) is 7.27. The molecule has 108 valence electrons. The van der Waals surface area contributed by atoms with E-state index < -0.39 is 0 Å². The molecule has 0 amide bonds. The summed E-state index contributed by atoms with van der Waals surface area (Å²) in [5, 5.41) is 3.51. The van der Waals surface area contributed by atoms with Gasteiger partial charge in [0.1, 0.15) is 0 Å². The van der Waals surface area contributed by atoms with E-state index >= 15 is 0 Å². The highest BCUT2D eigenvalue weighted by atomic mass is 35.5. The summed E-state index contributed by atoms with van der Waals surface area (Å²) in [6, 6.07) is 8.75. The average Bonchev–Trinajstić information content (AvgIpc) is 2.41. The smallest absolute Gasteiger partial charge is 0.0236 e. The number of piperidine rings is 1. The molecule has 3 heteroatoms. The molecule has 1 heterocycles. The zero-order valence-corrected chi connectivity index (χ0v) is 13.0. The number of nitrogens with one attached hydrogen (secondary N) is 1. The Hall–Kier alpha value is -0.570. The van der Waals surface area contributed by atoms with Crippen LogP contribution in [0.15, 0.2) is 24.3 Å². The van der Waals surface area contributed by atoms with Crippen molar-refractivity contribution in [2.45, 2.75) is 33.2 Å². The zero-order valence-electron chi connectivity index (χ0n) is 12.2. The van der Waals surface area contributed by atoms with Crippen molar-refractivity contribution in [3.63, 3.8) is 0 Å². The molecule has 0 radical (unpaired) electrons. The number of nitrogens with zero attached hydrogens (tertiary/aromatic N) is 1. The van der Waals surface area contributed by atoms with Crippen LogP contribution in [0.4, 0.5) is 0 Å². The monoisotopic (exact) mass is 282 g/mol. The van der Waals surface area contributed by atoms with E-state index in [-0.39, 0.29) is 12.4 Å². The normalized spacial score (nSPS) is 19.2. The van der Waals surface area contributed by atoms with Crippen LogP contribution in [-0.4, -0.2) is 31.1 Å². The summed E-state index contributed by atoms with van der Waals surface area (Å²) >= 11 is 0. The van der Waals surface area contributed by atoms with Gasteiger partial charge in [-0.3, -0.25) is 4.90 Å². The van der Waals surface area contributed by atoms with E-state index in [1.54, 1.807) is 0 Å². The van der Waals surface area contributed by atoms with Gasteiger partial charge in [-0.05, 0) is 56.4 Å². The maximum atomic E-state index is 3.51. The zero-order chi connectivity index (χ0) is 12.8. The van der Waals surface area contributed by atoms with Crippen molar-refractivity contribution in [3.8, 4) is 0 Å². The molecule has 1 saturated heterocycles. The first-order valence-electron chi connectivity index (χ1n) is 7.27. The third-order valence-electron chi connectivity index (χ3n) is 4.02. The van der Waals surface area contributed by atoms with Gasteiger partial charge in [-0.1, -0.05) is 31.2 Å². The van der Waals surface area contributed by atoms with Gasteiger partial charge >= 0.3 is 0 Å². The fourth-order valence-corrected chi connectivity index (χ4v) is 2.78. The second kappa shape index (κ2) is 8.57. The topological polar surface area (TPSA) is 15.3 Å². The lowest BCUT2D eigenvalue weighted by molar-refractivity contribution is 0.209. The fourth-order valence-electron chi connectivity index (χ4n) is 2.78. The van der Waals surface area contributed by atoms with Gasteiger partial charge in [0.2, 0.25) is 0 Å². The molecule has 2 nitrogen and oxygen atoms in total. The summed E-state index contributed by atoms with van der Waals surface area (Å²) in [6.45, 7) is 10.4. The first-order chi connectivity index (χ1) is 8.79.